The maximum atomic E-state index is 2.31. The van der Waals surface area contributed by atoms with Gasteiger partial charge in [0, 0.05) is 11.5 Å². The molecule has 0 rings (SSSR count). The van der Waals surface area contributed by atoms with Gasteiger partial charge in [-0.2, -0.15) is 0 Å². The molecule has 0 radical (unpaired) electrons. The van der Waals surface area contributed by atoms with Crippen molar-refractivity contribution in [2.45, 2.75) is 258 Å². The van der Waals surface area contributed by atoms with Crippen molar-refractivity contribution in [1.82, 2.24) is 0 Å². The normalized spacial score (nSPS) is 11.6. The van der Waals surface area contributed by atoms with Crippen LogP contribution >= 0.6 is 21.6 Å². The molecule has 0 nitrogen and oxygen atoms in total. The Morgan fingerprint density at radius 1 is 0.182 bits per heavy atom. The van der Waals surface area contributed by atoms with Gasteiger partial charge < -0.3 is 0 Å². The van der Waals surface area contributed by atoms with Crippen molar-refractivity contribution in [3.63, 3.8) is 0 Å². The summed E-state index contributed by atoms with van der Waals surface area (Å²) < 4.78 is 0. The monoisotopic (exact) mass is 655 g/mol. The van der Waals surface area contributed by atoms with Gasteiger partial charge in [-0.15, -0.1) is 0 Å². The number of hydrogen-bond acceptors (Lipinski definition) is 2. The van der Waals surface area contributed by atoms with E-state index in [2.05, 4.69) is 35.4 Å². The summed E-state index contributed by atoms with van der Waals surface area (Å²) in [5.74, 6) is 2.76. The lowest BCUT2D eigenvalue weighted by Crippen LogP contribution is -1.85. The molecule has 0 aliphatic heterocycles. The largest absolute Gasteiger partial charge is 0.0942 e. The highest BCUT2D eigenvalue weighted by molar-refractivity contribution is 8.76. The zero-order valence-corrected chi connectivity index (χ0v) is 32.7. The summed E-state index contributed by atoms with van der Waals surface area (Å²) in [7, 11) is 4.30. The van der Waals surface area contributed by atoms with Crippen LogP contribution in [-0.4, -0.2) is 11.5 Å². The minimum atomic E-state index is 1.37. The molecule has 0 atom stereocenters. The van der Waals surface area contributed by atoms with Crippen LogP contribution in [0.25, 0.3) is 0 Å². The van der Waals surface area contributed by atoms with Crippen LogP contribution < -0.4 is 0 Å². The molecule has 44 heavy (non-hydrogen) atoms. The molecule has 0 bridgehead atoms. The second-order valence-electron chi connectivity index (χ2n) is 14.4. The fourth-order valence-corrected chi connectivity index (χ4v) is 8.89. The van der Waals surface area contributed by atoms with E-state index in [1.54, 1.807) is 0 Å². The first-order chi connectivity index (χ1) is 21.9. The van der Waals surface area contributed by atoms with Gasteiger partial charge in [-0.25, -0.2) is 0 Å². The van der Waals surface area contributed by atoms with Gasteiger partial charge in [0.2, 0.25) is 0 Å². The van der Waals surface area contributed by atoms with Crippen molar-refractivity contribution in [2.24, 2.45) is 0 Å². The van der Waals surface area contributed by atoms with Crippen LogP contribution in [0.5, 0.6) is 0 Å². The highest BCUT2D eigenvalue weighted by Gasteiger charge is 1.98. The van der Waals surface area contributed by atoms with Gasteiger partial charge in [0.15, 0.2) is 0 Å². The SMILES string of the molecule is CCCCCCCCCCCCCCCCCCCCCSSCCCCCCCCCCCCCCCCCCCCC. The molecule has 0 amide bonds. The van der Waals surface area contributed by atoms with Crippen molar-refractivity contribution < 1.29 is 0 Å². The summed E-state index contributed by atoms with van der Waals surface area (Å²) in [4.78, 5) is 0. The van der Waals surface area contributed by atoms with Gasteiger partial charge in [-0.1, -0.05) is 267 Å². The first-order valence-electron chi connectivity index (χ1n) is 21.2. The van der Waals surface area contributed by atoms with Crippen LogP contribution in [0.1, 0.15) is 258 Å². The van der Waals surface area contributed by atoms with E-state index in [0.29, 0.717) is 0 Å². The lowest BCUT2D eigenvalue weighted by atomic mass is 10.0. The molecular weight excluding hydrogens is 569 g/mol. The Morgan fingerprint density at radius 2 is 0.318 bits per heavy atom. The third kappa shape index (κ3) is 42.7. The minimum absolute atomic E-state index is 1.37. The highest BCUT2D eigenvalue weighted by atomic mass is 33.1. The standard InChI is InChI=1S/C42H86S2/c1-3-5-7-9-11-13-15-17-19-21-23-25-27-29-31-33-35-37-39-41-43-44-42-40-38-36-34-32-30-28-26-24-22-20-18-16-14-12-10-8-6-4-2/h3-42H2,1-2H3. The fraction of sp³-hybridized carbons (Fsp3) is 1.00. The molecule has 0 saturated heterocycles. The third-order valence-corrected chi connectivity index (χ3v) is 12.3. The van der Waals surface area contributed by atoms with E-state index < -0.39 is 0 Å². The Hall–Kier alpha value is 0.700. The Kier molecular flexibility index (Phi) is 44.4. The molecule has 0 fully saturated rings. The van der Waals surface area contributed by atoms with E-state index >= 15 is 0 Å². The molecule has 0 heterocycles. The molecule has 0 aliphatic carbocycles. The van der Waals surface area contributed by atoms with Crippen LogP contribution in [0.2, 0.25) is 0 Å². The zero-order valence-electron chi connectivity index (χ0n) is 31.1. The maximum absolute atomic E-state index is 2.31. The molecule has 0 aromatic heterocycles. The number of rotatable bonds is 41. The van der Waals surface area contributed by atoms with Gasteiger partial charge in [0.05, 0.1) is 0 Å². The van der Waals surface area contributed by atoms with Crippen LogP contribution in [0.4, 0.5) is 0 Å². The smallest absolute Gasteiger partial charge is 0.00369 e. The van der Waals surface area contributed by atoms with Crippen molar-refractivity contribution in [1.29, 1.82) is 0 Å². The molecule has 0 N–H and O–H groups in total. The van der Waals surface area contributed by atoms with Gasteiger partial charge in [-0.3, -0.25) is 0 Å². The molecule has 0 spiro atoms. The first-order valence-corrected chi connectivity index (χ1v) is 23.6. The maximum Gasteiger partial charge on any atom is 0.00369 e. The molecule has 0 aliphatic rings. The van der Waals surface area contributed by atoms with E-state index in [1.165, 1.54) is 255 Å². The fourth-order valence-electron chi connectivity index (χ4n) is 6.60. The second kappa shape index (κ2) is 43.7. The van der Waals surface area contributed by atoms with Crippen molar-refractivity contribution in [3.05, 3.63) is 0 Å². The van der Waals surface area contributed by atoms with Gasteiger partial charge in [-0.05, 0) is 12.8 Å². The topological polar surface area (TPSA) is 0 Å². The van der Waals surface area contributed by atoms with E-state index in [-0.39, 0.29) is 0 Å². The predicted octanol–water partition coefficient (Wildman–Crippen LogP) is 17.2. The molecular formula is C42H86S2. The minimum Gasteiger partial charge on any atom is -0.0942 e. The summed E-state index contributed by atoms with van der Waals surface area (Å²) in [5, 5.41) is 0. The molecule has 0 unspecified atom stereocenters. The molecule has 2 heteroatoms. The van der Waals surface area contributed by atoms with Crippen LogP contribution in [0.3, 0.4) is 0 Å². The van der Waals surface area contributed by atoms with Gasteiger partial charge >= 0.3 is 0 Å². The quantitative estimate of drug-likeness (QED) is 0.0475. The molecule has 0 saturated carbocycles. The Bertz CT molecular complexity index is 423. The van der Waals surface area contributed by atoms with Crippen LogP contribution in [0, 0.1) is 0 Å². The molecule has 266 valence electrons. The zero-order chi connectivity index (χ0) is 31.7. The van der Waals surface area contributed by atoms with E-state index in [1.807, 2.05) is 0 Å². The summed E-state index contributed by atoms with van der Waals surface area (Å²) in [6.45, 7) is 4.62. The summed E-state index contributed by atoms with van der Waals surface area (Å²) >= 11 is 0. The van der Waals surface area contributed by atoms with Gasteiger partial charge in [0.1, 0.15) is 0 Å². The number of unbranched alkanes of at least 4 members (excludes halogenated alkanes) is 36. The Morgan fingerprint density at radius 3 is 0.477 bits per heavy atom. The van der Waals surface area contributed by atoms with Crippen molar-refractivity contribution in [3.8, 4) is 0 Å². The third-order valence-electron chi connectivity index (χ3n) is 9.75. The summed E-state index contributed by atoms with van der Waals surface area (Å²) in [6, 6.07) is 0. The number of hydrogen-bond donors (Lipinski definition) is 0. The van der Waals surface area contributed by atoms with Crippen molar-refractivity contribution in [2.75, 3.05) is 11.5 Å². The molecule has 0 aromatic carbocycles. The Labute approximate surface area is 289 Å². The van der Waals surface area contributed by atoms with Crippen LogP contribution in [0.15, 0.2) is 0 Å². The van der Waals surface area contributed by atoms with Crippen molar-refractivity contribution >= 4 is 21.6 Å². The second-order valence-corrected chi connectivity index (χ2v) is 17.1. The van der Waals surface area contributed by atoms with E-state index in [0.717, 1.165) is 0 Å². The summed E-state index contributed by atoms with van der Waals surface area (Å²) in [6.07, 6.45) is 56.0. The predicted molar refractivity (Wildman–Crippen MR) is 212 cm³/mol. The molecule has 0 aromatic rings. The lowest BCUT2D eigenvalue weighted by Gasteiger charge is -2.05. The highest BCUT2D eigenvalue weighted by Crippen LogP contribution is 2.25. The summed E-state index contributed by atoms with van der Waals surface area (Å²) in [5.41, 5.74) is 0. The Balaban J connectivity index is 3.03. The average molecular weight is 655 g/mol. The van der Waals surface area contributed by atoms with E-state index in [9.17, 15) is 0 Å². The van der Waals surface area contributed by atoms with E-state index in [4.69, 9.17) is 0 Å². The van der Waals surface area contributed by atoms with Gasteiger partial charge in [0.25, 0.3) is 0 Å². The average Bonchev–Trinajstić information content (AvgIpc) is 3.04. The lowest BCUT2D eigenvalue weighted by molar-refractivity contribution is 0.524. The first kappa shape index (κ1) is 44.7. The van der Waals surface area contributed by atoms with Crippen LogP contribution in [-0.2, 0) is 0 Å².